The summed E-state index contributed by atoms with van der Waals surface area (Å²) in [4.78, 5) is 8.92. The van der Waals surface area contributed by atoms with E-state index in [1.165, 1.54) is 44.1 Å². The molecule has 5 nitrogen and oxygen atoms in total. The monoisotopic (exact) mass is 363 g/mol. The number of hydrogen-bond donors (Lipinski definition) is 3. The summed E-state index contributed by atoms with van der Waals surface area (Å²) < 4.78 is 0. The van der Waals surface area contributed by atoms with Crippen LogP contribution >= 0.6 is 0 Å². The third-order valence-electron chi connectivity index (χ3n) is 6.96. The van der Waals surface area contributed by atoms with Crippen molar-refractivity contribution < 1.29 is 0 Å². The standard InChI is InChI=1S/C22H29N5/c1-14(18-5-3-2-4-6-18)26-20-19(23)21(25-13-24-20)27-22-10-15-7-16(11-22)9-17(8-15)12-22/h2-6,13-17H,7-12,23H2,1H3,(H2,24,25,26,27). The van der Waals surface area contributed by atoms with Crippen molar-refractivity contribution in [1.82, 2.24) is 9.97 Å². The number of aromatic nitrogens is 2. The Morgan fingerprint density at radius 1 is 0.963 bits per heavy atom. The van der Waals surface area contributed by atoms with Crippen molar-refractivity contribution >= 4 is 17.3 Å². The van der Waals surface area contributed by atoms with Gasteiger partial charge in [0.15, 0.2) is 11.6 Å². The van der Waals surface area contributed by atoms with Crippen molar-refractivity contribution in [1.29, 1.82) is 0 Å². The minimum absolute atomic E-state index is 0.135. The quantitative estimate of drug-likeness (QED) is 0.723. The van der Waals surface area contributed by atoms with Crippen LogP contribution in [0, 0.1) is 17.8 Å². The van der Waals surface area contributed by atoms with Crippen molar-refractivity contribution in [3.8, 4) is 0 Å². The molecular formula is C22H29N5. The molecule has 4 bridgehead atoms. The third-order valence-corrected chi connectivity index (χ3v) is 6.96. The summed E-state index contributed by atoms with van der Waals surface area (Å²) in [5.74, 6) is 4.19. The van der Waals surface area contributed by atoms with E-state index in [4.69, 9.17) is 5.73 Å². The van der Waals surface area contributed by atoms with Crippen LogP contribution in [0.5, 0.6) is 0 Å². The molecule has 1 unspecified atom stereocenters. The molecule has 0 spiro atoms. The maximum absolute atomic E-state index is 6.49. The number of hydrogen-bond acceptors (Lipinski definition) is 5. The highest BCUT2D eigenvalue weighted by Crippen LogP contribution is 2.56. The zero-order chi connectivity index (χ0) is 18.4. The summed E-state index contributed by atoms with van der Waals surface area (Å²) in [6.07, 6.45) is 9.73. The van der Waals surface area contributed by atoms with Crippen molar-refractivity contribution in [2.24, 2.45) is 17.8 Å². The van der Waals surface area contributed by atoms with Crippen LogP contribution in [0.1, 0.15) is 57.1 Å². The molecule has 0 aliphatic heterocycles. The van der Waals surface area contributed by atoms with Gasteiger partial charge in [-0.25, -0.2) is 9.97 Å². The predicted molar refractivity (Wildman–Crippen MR) is 109 cm³/mol. The number of rotatable bonds is 5. The summed E-state index contributed by atoms with van der Waals surface area (Å²) >= 11 is 0. The molecule has 4 aliphatic carbocycles. The Morgan fingerprint density at radius 2 is 1.56 bits per heavy atom. The third kappa shape index (κ3) is 3.13. The Kier molecular flexibility index (Phi) is 3.99. The number of nitrogens with two attached hydrogens (primary N) is 1. The Morgan fingerprint density at radius 3 is 2.19 bits per heavy atom. The molecule has 5 heteroatoms. The first kappa shape index (κ1) is 16.8. The molecule has 0 amide bonds. The lowest BCUT2D eigenvalue weighted by atomic mass is 9.53. The molecule has 142 valence electrons. The number of nitrogen functional groups attached to an aromatic ring is 1. The average molecular weight is 364 g/mol. The van der Waals surface area contributed by atoms with Crippen LogP contribution in [0.3, 0.4) is 0 Å². The molecule has 1 heterocycles. The number of anilines is 3. The van der Waals surface area contributed by atoms with Gasteiger partial charge in [-0.2, -0.15) is 0 Å². The van der Waals surface area contributed by atoms with E-state index in [0.29, 0.717) is 11.5 Å². The van der Waals surface area contributed by atoms with Crippen LogP contribution in [-0.4, -0.2) is 15.5 Å². The largest absolute Gasteiger partial charge is 0.393 e. The fourth-order valence-corrected chi connectivity index (χ4v) is 6.16. The summed E-state index contributed by atoms with van der Waals surface area (Å²) in [7, 11) is 0. The van der Waals surface area contributed by atoms with E-state index in [2.05, 4.69) is 51.8 Å². The van der Waals surface area contributed by atoms with Gasteiger partial charge in [0, 0.05) is 5.54 Å². The molecule has 4 fully saturated rings. The summed E-state index contributed by atoms with van der Waals surface area (Å²) in [6.45, 7) is 2.13. The van der Waals surface area contributed by atoms with Gasteiger partial charge in [-0.1, -0.05) is 30.3 Å². The van der Waals surface area contributed by atoms with Crippen molar-refractivity contribution in [2.75, 3.05) is 16.4 Å². The SMILES string of the molecule is CC(Nc1ncnc(NC23CC4CC(CC(C4)C2)C3)c1N)c1ccccc1. The molecule has 0 radical (unpaired) electrons. The molecule has 6 rings (SSSR count). The molecule has 4 N–H and O–H groups in total. The number of nitrogens with zero attached hydrogens (tertiary/aromatic N) is 2. The zero-order valence-electron chi connectivity index (χ0n) is 16.0. The van der Waals surface area contributed by atoms with Crippen LogP contribution in [-0.2, 0) is 0 Å². The molecule has 2 aromatic rings. The fraction of sp³-hybridized carbons (Fsp3) is 0.545. The number of nitrogens with one attached hydrogen (secondary N) is 2. The average Bonchev–Trinajstić information content (AvgIpc) is 2.64. The fourth-order valence-electron chi connectivity index (χ4n) is 6.16. The van der Waals surface area contributed by atoms with Crippen LogP contribution in [0.4, 0.5) is 17.3 Å². The maximum Gasteiger partial charge on any atom is 0.155 e. The van der Waals surface area contributed by atoms with Crippen LogP contribution in [0.25, 0.3) is 0 Å². The van der Waals surface area contributed by atoms with Crippen LogP contribution in [0.15, 0.2) is 36.7 Å². The van der Waals surface area contributed by atoms with Gasteiger partial charge in [0.05, 0.1) is 6.04 Å². The minimum atomic E-state index is 0.135. The molecule has 1 aromatic heterocycles. The van der Waals surface area contributed by atoms with Crippen LogP contribution < -0.4 is 16.4 Å². The van der Waals surface area contributed by atoms with E-state index >= 15 is 0 Å². The Bertz CT molecular complexity index is 783. The first-order valence-corrected chi connectivity index (χ1v) is 10.3. The van der Waals surface area contributed by atoms with Gasteiger partial charge in [-0.15, -0.1) is 0 Å². The van der Waals surface area contributed by atoms with E-state index in [0.717, 1.165) is 23.6 Å². The molecule has 4 saturated carbocycles. The van der Waals surface area contributed by atoms with E-state index < -0.39 is 0 Å². The van der Waals surface area contributed by atoms with E-state index in [-0.39, 0.29) is 11.6 Å². The second-order valence-electron chi connectivity index (χ2n) is 9.08. The predicted octanol–water partition coefficient (Wildman–Crippen LogP) is 4.61. The topological polar surface area (TPSA) is 75.9 Å². The number of benzene rings is 1. The van der Waals surface area contributed by atoms with Crippen molar-refractivity contribution in [2.45, 2.75) is 57.0 Å². The Labute approximate surface area is 161 Å². The van der Waals surface area contributed by atoms with Crippen molar-refractivity contribution in [3.05, 3.63) is 42.2 Å². The lowest BCUT2D eigenvalue weighted by Gasteiger charge is -2.57. The van der Waals surface area contributed by atoms with E-state index in [9.17, 15) is 0 Å². The van der Waals surface area contributed by atoms with E-state index in [1.54, 1.807) is 6.33 Å². The lowest BCUT2D eigenvalue weighted by molar-refractivity contribution is 0.0106. The van der Waals surface area contributed by atoms with Gasteiger partial charge in [0.1, 0.15) is 12.0 Å². The molecule has 1 aromatic carbocycles. The van der Waals surface area contributed by atoms with Gasteiger partial charge in [-0.05, 0) is 68.8 Å². The summed E-state index contributed by atoms with van der Waals surface area (Å²) in [5, 5.41) is 7.25. The first-order valence-electron chi connectivity index (χ1n) is 10.3. The van der Waals surface area contributed by atoms with Crippen LogP contribution in [0.2, 0.25) is 0 Å². The highest BCUT2D eigenvalue weighted by molar-refractivity contribution is 5.75. The van der Waals surface area contributed by atoms with Gasteiger partial charge in [0.25, 0.3) is 0 Å². The lowest BCUT2D eigenvalue weighted by Crippen LogP contribution is -2.55. The Hall–Kier alpha value is -2.30. The molecule has 27 heavy (non-hydrogen) atoms. The van der Waals surface area contributed by atoms with Gasteiger partial charge < -0.3 is 16.4 Å². The molecule has 4 aliphatic rings. The van der Waals surface area contributed by atoms with Gasteiger partial charge >= 0.3 is 0 Å². The molecular weight excluding hydrogens is 334 g/mol. The second-order valence-corrected chi connectivity index (χ2v) is 9.08. The molecule has 0 saturated heterocycles. The summed E-state index contributed by atoms with van der Waals surface area (Å²) in [6, 6.07) is 10.5. The Balaban J connectivity index is 1.36. The minimum Gasteiger partial charge on any atom is -0.393 e. The highest BCUT2D eigenvalue weighted by Gasteiger charge is 2.51. The highest BCUT2D eigenvalue weighted by atomic mass is 15.1. The first-order chi connectivity index (χ1) is 13.1. The van der Waals surface area contributed by atoms with Crippen molar-refractivity contribution in [3.63, 3.8) is 0 Å². The van der Waals surface area contributed by atoms with Gasteiger partial charge in [-0.3, -0.25) is 0 Å². The second kappa shape index (κ2) is 6.39. The normalized spacial score (nSPS) is 32.3. The summed E-state index contributed by atoms with van der Waals surface area (Å²) in [5.41, 5.74) is 8.53. The molecule has 1 atom stereocenters. The maximum atomic E-state index is 6.49. The van der Waals surface area contributed by atoms with E-state index in [1.807, 2.05) is 6.07 Å². The zero-order valence-corrected chi connectivity index (χ0v) is 16.0. The van der Waals surface area contributed by atoms with Gasteiger partial charge in [0.2, 0.25) is 0 Å². The smallest absolute Gasteiger partial charge is 0.155 e.